The van der Waals surface area contributed by atoms with E-state index >= 15 is 0 Å². The maximum Gasteiger partial charge on any atom is 0.272 e. The lowest BCUT2D eigenvalue weighted by molar-refractivity contribution is -0.114. The topological polar surface area (TPSA) is 94.2 Å². The number of aromatic amines is 1. The number of nitrogens with one attached hydrogen (secondary N) is 2. The van der Waals surface area contributed by atoms with Gasteiger partial charge in [-0.2, -0.15) is 0 Å². The Morgan fingerprint density at radius 3 is 2.52 bits per heavy atom. The van der Waals surface area contributed by atoms with Gasteiger partial charge in [-0.3, -0.25) is 9.59 Å². The quantitative estimate of drug-likeness (QED) is 0.677. The molecule has 8 nitrogen and oxygen atoms in total. The molecule has 1 aliphatic heterocycles. The van der Waals surface area contributed by atoms with Crippen molar-refractivity contribution < 1.29 is 9.59 Å². The number of H-pyrrole nitrogens is 1. The molecule has 0 atom stereocenters. The van der Waals surface area contributed by atoms with Crippen molar-refractivity contribution in [3.8, 4) is 0 Å². The zero-order chi connectivity index (χ0) is 22.1. The van der Waals surface area contributed by atoms with Crippen molar-refractivity contribution in [2.24, 2.45) is 0 Å². The van der Waals surface area contributed by atoms with Gasteiger partial charge in [-0.05, 0) is 26.0 Å². The molecular formula is C23H28N6O2. The van der Waals surface area contributed by atoms with Crippen LogP contribution in [0.3, 0.4) is 0 Å². The molecule has 1 saturated heterocycles. The summed E-state index contributed by atoms with van der Waals surface area (Å²) in [6.07, 6.45) is 0.791. The summed E-state index contributed by atoms with van der Waals surface area (Å²) >= 11 is 0. The van der Waals surface area contributed by atoms with Crippen molar-refractivity contribution in [3.63, 3.8) is 0 Å². The van der Waals surface area contributed by atoms with Gasteiger partial charge in [0.15, 0.2) is 0 Å². The van der Waals surface area contributed by atoms with Gasteiger partial charge in [0, 0.05) is 62.2 Å². The van der Waals surface area contributed by atoms with Crippen LogP contribution >= 0.6 is 0 Å². The van der Waals surface area contributed by atoms with E-state index in [2.05, 4.69) is 25.2 Å². The second kappa shape index (κ2) is 8.37. The van der Waals surface area contributed by atoms with Gasteiger partial charge in [-0.15, -0.1) is 0 Å². The highest BCUT2D eigenvalue weighted by Gasteiger charge is 2.27. The molecule has 0 spiro atoms. The average Bonchev–Trinajstić information content (AvgIpc) is 3.09. The molecule has 0 radical (unpaired) electrons. The van der Waals surface area contributed by atoms with Crippen molar-refractivity contribution in [1.82, 2.24) is 19.9 Å². The Labute approximate surface area is 181 Å². The molecule has 31 heavy (non-hydrogen) atoms. The number of hydrogen-bond acceptors (Lipinski definition) is 5. The number of benzene rings is 1. The molecule has 1 aliphatic rings. The smallest absolute Gasteiger partial charge is 0.272 e. The van der Waals surface area contributed by atoms with Crippen LogP contribution in [0, 0.1) is 13.8 Å². The number of fused-ring (bicyclic) bond motifs is 1. The Morgan fingerprint density at radius 1 is 1.10 bits per heavy atom. The number of rotatable bonds is 4. The molecule has 4 rings (SSSR count). The number of carbonyl (C=O) groups excluding carboxylic acids is 2. The summed E-state index contributed by atoms with van der Waals surface area (Å²) in [6, 6.07) is 7.89. The zero-order valence-corrected chi connectivity index (χ0v) is 18.5. The minimum atomic E-state index is -0.202. The number of aryl methyl sites for hydroxylation is 3. The average molecular weight is 421 g/mol. The van der Waals surface area contributed by atoms with Crippen LogP contribution in [0.1, 0.15) is 41.4 Å². The first-order valence-corrected chi connectivity index (χ1v) is 10.6. The van der Waals surface area contributed by atoms with Gasteiger partial charge in [0.05, 0.1) is 5.69 Å². The van der Waals surface area contributed by atoms with E-state index in [4.69, 9.17) is 0 Å². The van der Waals surface area contributed by atoms with E-state index in [1.165, 1.54) is 6.92 Å². The van der Waals surface area contributed by atoms with Crippen LogP contribution in [0.2, 0.25) is 0 Å². The predicted molar refractivity (Wildman–Crippen MR) is 122 cm³/mol. The van der Waals surface area contributed by atoms with E-state index in [1.54, 1.807) is 0 Å². The first-order valence-electron chi connectivity index (χ1n) is 10.6. The highest BCUT2D eigenvalue weighted by atomic mass is 16.2. The van der Waals surface area contributed by atoms with E-state index in [9.17, 15) is 9.59 Å². The second-order valence-corrected chi connectivity index (χ2v) is 8.02. The van der Waals surface area contributed by atoms with Crippen LogP contribution in [0.25, 0.3) is 10.9 Å². The molecule has 1 aromatic carbocycles. The number of hydrogen-bond donors (Lipinski definition) is 2. The van der Waals surface area contributed by atoms with Crippen LogP contribution in [0.15, 0.2) is 24.3 Å². The third-order valence-electron chi connectivity index (χ3n) is 5.56. The van der Waals surface area contributed by atoms with Gasteiger partial charge in [0.1, 0.15) is 17.3 Å². The molecule has 8 heteroatoms. The Bertz CT molecular complexity index is 1140. The summed E-state index contributed by atoms with van der Waals surface area (Å²) in [4.78, 5) is 41.5. The summed E-state index contributed by atoms with van der Waals surface area (Å²) in [7, 11) is 0. The molecular weight excluding hydrogens is 392 g/mol. The molecule has 0 bridgehead atoms. The third-order valence-corrected chi connectivity index (χ3v) is 5.56. The largest absolute Gasteiger partial charge is 0.353 e. The number of amides is 2. The molecule has 0 saturated carbocycles. The number of anilines is 2. The fourth-order valence-corrected chi connectivity index (χ4v) is 4.00. The first-order chi connectivity index (χ1) is 14.9. The molecule has 3 aromatic rings. The van der Waals surface area contributed by atoms with Gasteiger partial charge in [-0.25, -0.2) is 9.97 Å². The van der Waals surface area contributed by atoms with Crippen molar-refractivity contribution in [2.75, 3.05) is 36.4 Å². The van der Waals surface area contributed by atoms with Gasteiger partial charge >= 0.3 is 0 Å². The third kappa shape index (κ3) is 4.23. The first kappa shape index (κ1) is 20.8. The lowest BCUT2D eigenvalue weighted by atomic mass is 10.1. The van der Waals surface area contributed by atoms with E-state index in [1.807, 2.05) is 49.9 Å². The number of piperazine rings is 1. The molecule has 0 unspecified atom stereocenters. The molecule has 2 amide bonds. The van der Waals surface area contributed by atoms with E-state index in [-0.39, 0.29) is 11.8 Å². The van der Waals surface area contributed by atoms with Crippen LogP contribution < -0.4 is 10.2 Å². The Morgan fingerprint density at radius 2 is 1.84 bits per heavy atom. The standard InChI is InChI=1S/C23H28N6O2/c1-5-19-24-15(3)13-20(27-19)28-8-10-29(11-9-28)23(31)22-21(25-16(4)30)17-12-14(2)6-7-18(17)26-22/h6-7,12-13,26H,5,8-11H2,1-4H3,(H,25,30). The van der Waals surface area contributed by atoms with Gasteiger partial charge in [0.2, 0.25) is 5.91 Å². The normalized spacial score (nSPS) is 14.2. The SMILES string of the molecule is CCc1nc(C)cc(N2CCN(C(=O)c3[nH]c4ccc(C)cc4c3NC(C)=O)CC2)n1. The van der Waals surface area contributed by atoms with Crippen molar-refractivity contribution >= 4 is 34.2 Å². The van der Waals surface area contributed by atoms with Crippen molar-refractivity contribution in [3.05, 3.63) is 47.0 Å². The maximum absolute atomic E-state index is 13.4. The molecule has 0 aliphatic carbocycles. The predicted octanol–water partition coefficient (Wildman–Crippen LogP) is 3.06. The van der Waals surface area contributed by atoms with E-state index in [0.29, 0.717) is 37.6 Å². The summed E-state index contributed by atoms with van der Waals surface area (Å²) in [5, 5.41) is 3.70. The molecule has 162 valence electrons. The number of nitrogens with zero attached hydrogens (tertiary/aromatic N) is 4. The molecule has 1 fully saturated rings. The maximum atomic E-state index is 13.4. The fourth-order valence-electron chi connectivity index (χ4n) is 4.00. The van der Waals surface area contributed by atoms with Crippen LogP contribution in [0.5, 0.6) is 0 Å². The van der Waals surface area contributed by atoms with Crippen molar-refractivity contribution in [1.29, 1.82) is 0 Å². The lowest BCUT2D eigenvalue weighted by Gasteiger charge is -2.35. The minimum absolute atomic E-state index is 0.106. The lowest BCUT2D eigenvalue weighted by Crippen LogP contribution is -2.49. The second-order valence-electron chi connectivity index (χ2n) is 8.02. The van der Waals surface area contributed by atoms with Crippen LogP contribution in [-0.2, 0) is 11.2 Å². The summed E-state index contributed by atoms with van der Waals surface area (Å²) in [5.74, 6) is 1.44. The highest BCUT2D eigenvalue weighted by Crippen LogP contribution is 2.30. The van der Waals surface area contributed by atoms with E-state index in [0.717, 1.165) is 40.2 Å². The monoisotopic (exact) mass is 420 g/mol. The van der Waals surface area contributed by atoms with Gasteiger partial charge < -0.3 is 20.1 Å². The molecule has 3 heterocycles. The molecule has 2 N–H and O–H groups in total. The Hall–Kier alpha value is -3.42. The Balaban J connectivity index is 1.56. The fraction of sp³-hybridized carbons (Fsp3) is 0.391. The Kier molecular flexibility index (Phi) is 5.63. The van der Waals surface area contributed by atoms with E-state index < -0.39 is 0 Å². The summed E-state index contributed by atoms with van der Waals surface area (Å²) in [5.41, 5.74) is 3.83. The van der Waals surface area contributed by atoms with Crippen LogP contribution in [0.4, 0.5) is 11.5 Å². The zero-order valence-electron chi connectivity index (χ0n) is 18.5. The minimum Gasteiger partial charge on any atom is -0.353 e. The highest BCUT2D eigenvalue weighted by molar-refractivity contribution is 6.12. The van der Waals surface area contributed by atoms with Crippen molar-refractivity contribution in [2.45, 2.75) is 34.1 Å². The number of aromatic nitrogens is 3. The summed E-state index contributed by atoms with van der Waals surface area (Å²) in [6.45, 7) is 10.0. The summed E-state index contributed by atoms with van der Waals surface area (Å²) < 4.78 is 0. The van der Waals surface area contributed by atoms with Gasteiger partial charge in [0.25, 0.3) is 5.91 Å². The molecule has 2 aromatic heterocycles. The van der Waals surface area contributed by atoms with Gasteiger partial charge in [-0.1, -0.05) is 18.6 Å². The number of carbonyl (C=O) groups is 2. The van der Waals surface area contributed by atoms with Crippen LogP contribution in [-0.4, -0.2) is 57.8 Å².